The van der Waals surface area contributed by atoms with E-state index in [0.717, 1.165) is 6.07 Å². The van der Waals surface area contributed by atoms with Gasteiger partial charge in [0.2, 0.25) is 0 Å². The van der Waals surface area contributed by atoms with Crippen LogP contribution >= 0.6 is 11.6 Å². The lowest BCUT2D eigenvalue weighted by atomic mass is 10.1. The number of aromatic nitrogens is 1. The van der Waals surface area contributed by atoms with Crippen molar-refractivity contribution in [1.82, 2.24) is 9.88 Å². The SMILES string of the molecule is CCN(C)C(=O)c1cnc(Nc2c(F)ccc(F)c2F)c2cccc(Cl)c12. The summed E-state index contributed by atoms with van der Waals surface area (Å²) in [6.07, 6.45) is 1.28. The van der Waals surface area contributed by atoms with Crippen LogP contribution in [-0.4, -0.2) is 29.4 Å². The number of fused-ring (bicyclic) bond motifs is 1. The number of rotatable bonds is 4. The minimum atomic E-state index is -1.36. The molecule has 1 N–H and O–H groups in total. The minimum absolute atomic E-state index is 0.0478. The first-order valence-electron chi connectivity index (χ1n) is 8.08. The molecule has 27 heavy (non-hydrogen) atoms. The minimum Gasteiger partial charge on any atom is -0.342 e. The third-order valence-electron chi connectivity index (χ3n) is 4.20. The summed E-state index contributed by atoms with van der Waals surface area (Å²) in [5.41, 5.74) is -0.417. The van der Waals surface area contributed by atoms with Gasteiger partial charge in [0.05, 0.1) is 5.56 Å². The number of amides is 1. The van der Waals surface area contributed by atoms with E-state index >= 15 is 0 Å². The molecule has 0 fully saturated rings. The number of pyridine rings is 1. The van der Waals surface area contributed by atoms with Crippen LogP contribution in [0, 0.1) is 17.5 Å². The summed E-state index contributed by atoms with van der Waals surface area (Å²) in [6.45, 7) is 2.30. The summed E-state index contributed by atoms with van der Waals surface area (Å²) < 4.78 is 41.4. The highest BCUT2D eigenvalue weighted by molar-refractivity contribution is 6.37. The second kappa shape index (κ2) is 7.44. The predicted molar refractivity (Wildman–Crippen MR) is 99.0 cm³/mol. The fourth-order valence-electron chi connectivity index (χ4n) is 2.63. The van der Waals surface area contributed by atoms with Crippen molar-refractivity contribution in [3.8, 4) is 0 Å². The van der Waals surface area contributed by atoms with Gasteiger partial charge in [0.1, 0.15) is 17.3 Å². The van der Waals surface area contributed by atoms with Gasteiger partial charge in [-0.3, -0.25) is 4.79 Å². The Bertz CT molecular complexity index is 1040. The molecule has 4 nitrogen and oxygen atoms in total. The fourth-order valence-corrected chi connectivity index (χ4v) is 2.91. The van der Waals surface area contributed by atoms with Crippen LogP contribution in [0.3, 0.4) is 0 Å². The Kier molecular flexibility index (Phi) is 5.23. The number of nitrogens with zero attached hydrogens (tertiary/aromatic N) is 2. The number of carbonyl (C=O) groups excluding carboxylic acids is 1. The molecule has 1 amide bonds. The number of benzene rings is 2. The second-order valence-corrected chi connectivity index (χ2v) is 6.25. The van der Waals surface area contributed by atoms with Crippen LogP contribution < -0.4 is 5.32 Å². The Balaban J connectivity index is 2.19. The van der Waals surface area contributed by atoms with Crippen molar-refractivity contribution in [3.63, 3.8) is 0 Å². The Morgan fingerprint density at radius 3 is 2.59 bits per heavy atom. The molecule has 0 saturated carbocycles. The molecule has 0 spiro atoms. The Morgan fingerprint density at radius 2 is 1.89 bits per heavy atom. The fraction of sp³-hybridized carbons (Fsp3) is 0.158. The van der Waals surface area contributed by atoms with Crippen LogP contribution in [0.2, 0.25) is 5.02 Å². The summed E-state index contributed by atoms with van der Waals surface area (Å²) in [5, 5.41) is 3.52. The van der Waals surface area contributed by atoms with Gasteiger partial charge in [0, 0.05) is 35.6 Å². The third-order valence-corrected chi connectivity index (χ3v) is 4.51. The topological polar surface area (TPSA) is 45.2 Å². The zero-order chi connectivity index (χ0) is 19.7. The van der Waals surface area contributed by atoms with Gasteiger partial charge < -0.3 is 10.2 Å². The van der Waals surface area contributed by atoms with Crippen LogP contribution in [0.5, 0.6) is 0 Å². The molecular weight excluding hydrogens is 379 g/mol. The third kappa shape index (κ3) is 3.42. The molecule has 0 aliphatic heterocycles. The van der Waals surface area contributed by atoms with Crippen molar-refractivity contribution in [2.75, 3.05) is 18.9 Å². The van der Waals surface area contributed by atoms with Crippen LogP contribution in [0.1, 0.15) is 17.3 Å². The Hall–Kier alpha value is -2.80. The molecule has 1 heterocycles. The molecule has 0 unspecified atom stereocenters. The first-order valence-corrected chi connectivity index (χ1v) is 8.46. The van der Waals surface area contributed by atoms with Crippen molar-refractivity contribution in [1.29, 1.82) is 0 Å². The van der Waals surface area contributed by atoms with Gasteiger partial charge in [0.15, 0.2) is 11.6 Å². The standard InChI is InChI=1S/C19H15ClF3N3O/c1-3-26(2)19(27)11-9-24-18(10-5-4-6-12(20)15(10)11)25-17-14(22)8-7-13(21)16(17)23/h4-9H,3H2,1-2H3,(H,24,25). The maximum atomic E-state index is 14.0. The van der Waals surface area contributed by atoms with Crippen LogP contribution in [0.25, 0.3) is 10.8 Å². The molecule has 8 heteroatoms. The average molecular weight is 394 g/mol. The molecule has 3 rings (SSSR count). The highest BCUT2D eigenvalue weighted by Crippen LogP contribution is 2.34. The number of hydrogen-bond acceptors (Lipinski definition) is 3. The van der Waals surface area contributed by atoms with Crippen molar-refractivity contribution in [2.45, 2.75) is 6.92 Å². The Labute approximate surface area is 158 Å². The van der Waals surface area contributed by atoms with Crippen molar-refractivity contribution >= 4 is 39.8 Å². The van der Waals surface area contributed by atoms with Gasteiger partial charge in [-0.05, 0) is 25.1 Å². The zero-order valence-electron chi connectivity index (χ0n) is 14.5. The first-order chi connectivity index (χ1) is 12.8. The molecule has 1 aromatic heterocycles. The normalized spacial score (nSPS) is 10.9. The molecule has 0 aliphatic rings. The molecule has 2 aromatic carbocycles. The predicted octanol–water partition coefficient (Wildman–Crippen LogP) is 5.14. The molecule has 0 radical (unpaired) electrons. The molecule has 0 bridgehead atoms. The number of hydrogen-bond donors (Lipinski definition) is 1. The number of carbonyl (C=O) groups is 1. The average Bonchev–Trinajstić information content (AvgIpc) is 2.67. The van der Waals surface area contributed by atoms with E-state index < -0.39 is 23.1 Å². The van der Waals surface area contributed by atoms with Gasteiger partial charge in [-0.15, -0.1) is 0 Å². The lowest BCUT2D eigenvalue weighted by molar-refractivity contribution is 0.0804. The van der Waals surface area contributed by atoms with Crippen LogP contribution in [0.4, 0.5) is 24.7 Å². The lowest BCUT2D eigenvalue weighted by Gasteiger charge is -2.18. The van der Waals surface area contributed by atoms with Gasteiger partial charge in [-0.2, -0.15) is 0 Å². The maximum absolute atomic E-state index is 14.0. The van der Waals surface area contributed by atoms with E-state index in [9.17, 15) is 18.0 Å². The van der Waals surface area contributed by atoms with E-state index in [-0.39, 0.29) is 22.3 Å². The number of halogens is 4. The van der Waals surface area contributed by atoms with Crippen molar-refractivity contribution < 1.29 is 18.0 Å². The Morgan fingerprint density at radius 1 is 1.19 bits per heavy atom. The highest BCUT2D eigenvalue weighted by atomic mass is 35.5. The quantitative estimate of drug-likeness (QED) is 0.624. The van der Waals surface area contributed by atoms with Gasteiger partial charge >= 0.3 is 0 Å². The van der Waals surface area contributed by atoms with E-state index in [2.05, 4.69) is 10.3 Å². The molecule has 0 aliphatic carbocycles. The summed E-state index contributed by atoms with van der Waals surface area (Å²) in [5.74, 6) is -3.78. The largest absolute Gasteiger partial charge is 0.342 e. The molecular formula is C19H15ClF3N3O. The summed E-state index contributed by atoms with van der Waals surface area (Å²) >= 11 is 6.28. The zero-order valence-corrected chi connectivity index (χ0v) is 15.2. The molecule has 140 valence electrons. The molecule has 3 aromatic rings. The molecule has 0 atom stereocenters. The number of nitrogens with one attached hydrogen (secondary N) is 1. The molecule has 0 saturated heterocycles. The van der Waals surface area contributed by atoms with Gasteiger partial charge in [0.25, 0.3) is 5.91 Å². The summed E-state index contributed by atoms with van der Waals surface area (Å²) in [4.78, 5) is 18.2. The van der Waals surface area contributed by atoms with E-state index in [1.807, 2.05) is 6.92 Å². The highest BCUT2D eigenvalue weighted by Gasteiger charge is 2.20. The van der Waals surface area contributed by atoms with Crippen molar-refractivity contribution in [3.05, 3.63) is 64.6 Å². The van der Waals surface area contributed by atoms with E-state index in [4.69, 9.17) is 11.6 Å². The van der Waals surface area contributed by atoms with Crippen molar-refractivity contribution in [2.24, 2.45) is 0 Å². The monoisotopic (exact) mass is 393 g/mol. The van der Waals surface area contributed by atoms with Crippen LogP contribution in [0.15, 0.2) is 36.5 Å². The smallest absolute Gasteiger partial charge is 0.255 e. The van der Waals surface area contributed by atoms with Gasteiger partial charge in [-0.25, -0.2) is 18.2 Å². The maximum Gasteiger partial charge on any atom is 0.255 e. The summed E-state index contributed by atoms with van der Waals surface area (Å²) in [7, 11) is 1.63. The lowest BCUT2D eigenvalue weighted by Crippen LogP contribution is -2.26. The van der Waals surface area contributed by atoms with Gasteiger partial charge in [-0.1, -0.05) is 23.7 Å². The van der Waals surface area contributed by atoms with E-state index in [1.54, 1.807) is 25.2 Å². The first kappa shape index (κ1) is 19.0. The second-order valence-electron chi connectivity index (χ2n) is 5.85. The summed E-state index contributed by atoms with van der Waals surface area (Å²) in [6, 6.07) is 6.33. The van der Waals surface area contributed by atoms with Crippen LogP contribution in [-0.2, 0) is 0 Å². The number of anilines is 2. The van der Waals surface area contributed by atoms with E-state index in [1.165, 1.54) is 11.1 Å². The van der Waals surface area contributed by atoms with E-state index in [0.29, 0.717) is 23.4 Å².